The summed E-state index contributed by atoms with van der Waals surface area (Å²) in [5.41, 5.74) is 2.10. The van der Waals surface area contributed by atoms with E-state index in [-0.39, 0.29) is 11.9 Å². The van der Waals surface area contributed by atoms with Crippen LogP contribution in [0.1, 0.15) is 47.3 Å². The highest BCUT2D eigenvalue weighted by molar-refractivity contribution is 9.10. The van der Waals surface area contributed by atoms with Gasteiger partial charge in [0.2, 0.25) is 0 Å². The molecule has 108 valence electrons. The molecule has 4 heteroatoms. The highest BCUT2D eigenvalue weighted by Crippen LogP contribution is 2.41. The summed E-state index contributed by atoms with van der Waals surface area (Å²) in [5.74, 6) is 0.527. The van der Waals surface area contributed by atoms with E-state index < -0.39 is 0 Å². The lowest BCUT2D eigenvalue weighted by Crippen LogP contribution is -2.28. The zero-order valence-electron chi connectivity index (χ0n) is 11.6. The molecule has 2 aliphatic rings. The molecule has 1 aromatic carbocycles. The number of amides is 1. The van der Waals surface area contributed by atoms with E-state index >= 15 is 0 Å². The van der Waals surface area contributed by atoms with Gasteiger partial charge in [-0.2, -0.15) is 0 Å². The molecule has 0 saturated heterocycles. The molecule has 1 amide bonds. The van der Waals surface area contributed by atoms with Crippen LogP contribution in [0, 0.1) is 0 Å². The number of nitrogens with one attached hydrogen (secondary N) is 1. The minimum atomic E-state index is 0.0519. The van der Waals surface area contributed by atoms with Crippen molar-refractivity contribution in [2.75, 3.05) is 0 Å². The first kappa shape index (κ1) is 13.1. The van der Waals surface area contributed by atoms with Crippen molar-refractivity contribution in [1.29, 1.82) is 0 Å². The summed E-state index contributed by atoms with van der Waals surface area (Å²) in [6.07, 6.45) is 5.42. The zero-order valence-corrected chi connectivity index (χ0v) is 13.2. The fraction of sp³-hybridized carbons (Fsp3) is 0.353. The van der Waals surface area contributed by atoms with Gasteiger partial charge in [0.25, 0.3) is 5.91 Å². The normalized spacial score (nSPS) is 23.9. The molecule has 1 N–H and O–H groups in total. The highest BCUT2D eigenvalue weighted by Gasteiger charge is 2.40. The third-order valence-electron chi connectivity index (χ3n) is 4.32. The van der Waals surface area contributed by atoms with Gasteiger partial charge in [-0.1, -0.05) is 30.3 Å². The van der Waals surface area contributed by atoms with Crippen molar-refractivity contribution in [3.63, 3.8) is 0 Å². The van der Waals surface area contributed by atoms with Crippen molar-refractivity contribution >= 4 is 21.8 Å². The average Bonchev–Trinajstić information content (AvgIpc) is 3.40. The summed E-state index contributed by atoms with van der Waals surface area (Å²) in [7, 11) is 0. The van der Waals surface area contributed by atoms with Crippen molar-refractivity contribution in [2.24, 2.45) is 0 Å². The lowest BCUT2D eigenvalue weighted by Gasteiger charge is -2.08. The van der Waals surface area contributed by atoms with Gasteiger partial charge in [0, 0.05) is 28.7 Å². The molecule has 2 saturated carbocycles. The van der Waals surface area contributed by atoms with Gasteiger partial charge in [-0.3, -0.25) is 4.79 Å². The minimum absolute atomic E-state index is 0.0519. The van der Waals surface area contributed by atoms with E-state index in [0.717, 1.165) is 16.6 Å². The van der Waals surface area contributed by atoms with Gasteiger partial charge < -0.3 is 9.88 Å². The van der Waals surface area contributed by atoms with E-state index in [2.05, 4.69) is 50.1 Å². The van der Waals surface area contributed by atoms with E-state index in [9.17, 15) is 4.79 Å². The maximum Gasteiger partial charge on any atom is 0.268 e. The molecule has 0 spiro atoms. The van der Waals surface area contributed by atoms with Crippen LogP contribution in [-0.2, 0) is 0 Å². The molecule has 2 fully saturated rings. The second-order valence-electron chi connectivity index (χ2n) is 6.01. The SMILES string of the molecule is O=C(NC1CC1c1ccccc1)c1cc(Br)cn1C1CC1. The Morgan fingerprint density at radius 1 is 1.24 bits per heavy atom. The summed E-state index contributed by atoms with van der Waals surface area (Å²) in [4.78, 5) is 12.5. The van der Waals surface area contributed by atoms with Crippen molar-refractivity contribution in [2.45, 2.75) is 37.3 Å². The number of aromatic nitrogens is 1. The van der Waals surface area contributed by atoms with Crippen molar-refractivity contribution < 1.29 is 4.79 Å². The number of nitrogens with zero attached hydrogens (tertiary/aromatic N) is 1. The molecule has 4 rings (SSSR count). The first-order valence-electron chi connectivity index (χ1n) is 7.45. The Hall–Kier alpha value is -1.55. The van der Waals surface area contributed by atoms with Crippen LogP contribution in [0.4, 0.5) is 0 Å². The number of benzene rings is 1. The van der Waals surface area contributed by atoms with Crippen LogP contribution in [0.15, 0.2) is 47.1 Å². The van der Waals surface area contributed by atoms with Crippen LogP contribution in [0.3, 0.4) is 0 Å². The van der Waals surface area contributed by atoms with E-state index in [1.54, 1.807) is 0 Å². The highest BCUT2D eigenvalue weighted by atomic mass is 79.9. The molecule has 2 aromatic rings. The van der Waals surface area contributed by atoms with E-state index in [1.807, 2.05) is 18.3 Å². The Balaban J connectivity index is 1.45. The molecule has 0 bridgehead atoms. The lowest BCUT2D eigenvalue weighted by atomic mass is 10.1. The molecular weight excluding hydrogens is 328 g/mol. The van der Waals surface area contributed by atoms with Gasteiger partial charge in [0.15, 0.2) is 0 Å². The van der Waals surface area contributed by atoms with Crippen LogP contribution in [0.25, 0.3) is 0 Å². The van der Waals surface area contributed by atoms with Gasteiger partial charge >= 0.3 is 0 Å². The molecule has 0 radical (unpaired) electrons. The molecule has 1 aromatic heterocycles. The van der Waals surface area contributed by atoms with Gasteiger partial charge in [0.05, 0.1) is 0 Å². The first-order chi connectivity index (χ1) is 10.2. The maximum absolute atomic E-state index is 12.5. The van der Waals surface area contributed by atoms with Crippen LogP contribution in [-0.4, -0.2) is 16.5 Å². The number of carbonyl (C=O) groups is 1. The molecular formula is C17H17BrN2O. The Morgan fingerprint density at radius 3 is 2.71 bits per heavy atom. The third-order valence-corrected chi connectivity index (χ3v) is 4.76. The molecule has 2 aliphatic carbocycles. The largest absolute Gasteiger partial charge is 0.347 e. The smallest absolute Gasteiger partial charge is 0.268 e. The van der Waals surface area contributed by atoms with Gasteiger partial charge in [-0.25, -0.2) is 0 Å². The van der Waals surface area contributed by atoms with Gasteiger partial charge in [-0.15, -0.1) is 0 Å². The maximum atomic E-state index is 12.5. The topological polar surface area (TPSA) is 34.0 Å². The zero-order chi connectivity index (χ0) is 14.4. The summed E-state index contributed by atoms with van der Waals surface area (Å²) >= 11 is 3.48. The number of carbonyl (C=O) groups excluding carboxylic acids is 1. The van der Waals surface area contributed by atoms with Crippen molar-refractivity contribution in [3.05, 3.63) is 58.3 Å². The number of rotatable bonds is 4. The Labute approximate surface area is 132 Å². The molecule has 0 aliphatic heterocycles. The van der Waals surface area contributed by atoms with E-state index in [1.165, 1.54) is 18.4 Å². The number of hydrogen-bond acceptors (Lipinski definition) is 1. The van der Waals surface area contributed by atoms with Crippen LogP contribution >= 0.6 is 15.9 Å². The number of hydrogen-bond donors (Lipinski definition) is 1. The summed E-state index contributed by atoms with van der Waals surface area (Å²) in [6, 6.07) is 13.1. The predicted molar refractivity (Wildman–Crippen MR) is 85.5 cm³/mol. The quantitative estimate of drug-likeness (QED) is 0.897. The second kappa shape index (κ2) is 5.02. The third kappa shape index (κ3) is 2.64. The van der Waals surface area contributed by atoms with Crippen molar-refractivity contribution in [3.8, 4) is 0 Å². The van der Waals surface area contributed by atoms with Crippen molar-refractivity contribution in [1.82, 2.24) is 9.88 Å². The van der Waals surface area contributed by atoms with Crippen LogP contribution < -0.4 is 5.32 Å². The van der Waals surface area contributed by atoms with E-state index in [4.69, 9.17) is 0 Å². The summed E-state index contributed by atoms with van der Waals surface area (Å²) in [5, 5.41) is 3.17. The minimum Gasteiger partial charge on any atom is -0.347 e. The lowest BCUT2D eigenvalue weighted by molar-refractivity contribution is 0.0941. The average molecular weight is 345 g/mol. The molecule has 21 heavy (non-hydrogen) atoms. The Bertz CT molecular complexity index is 675. The standard InChI is InChI=1S/C17H17BrN2O/c18-12-8-16(20(10-12)13-6-7-13)17(21)19-15-9-14(15)11-4-2-1-3-5-11/h1-5,8,10,13-15H,6-7,9H2,(H,19,21). The summed E-state index contributed by atoms with van der Waals surface area (Å²) in [6.45, 7) is 0. The Kier molecular flexibility index (Phi) is 3.14. The first-order valence-corrected chi connectivity index (χ1v) is 8.25. The second-order valence-corrected chi connectivity index (χ2v) is 6.93. The molecule has 3 nitrogen and oxygen atoms in total. The summed E-state index contributed by atoms with van der Waals surface area (Å²) < 4.78 is 3.09. The Morgan fingerprint density at radius 2 is 2.00 bits per heavy atom. The fourth-order valence-corrected chi connectivity index (χ4v) is 3.39. The number of halogens is 1. The molecule has 2 atom stereocenters. The van der Waals surface area contributed by atoms with Crippen LogP contribution in [0.5, 0.6) is 0 Å². The van der Waals surface area contributed by atoms with Crippen LogP contribution in [0.2, 0.25) is 0 Å². The monoisotopic (exact) mass is 344 g/mol. The van der Waals surface area contributed by atoms with Gasteiger partial charge in [-0.05, 0) is 46.8 Å². The molecule has 2 unspecified atom stereocenters. The predicted octanol–water partition coefficient (Wildman–Crippen LogP) is 3.87. The fourth-order valence-electron chi connectivity index (χ4n) is 2.95. The molecule has 1 heterocycles. The van der Waals surface area contributed by atoms with Gasteiger partial charge in [0.1, 0.15) is 5.69 Å². The van der Waals surface area contributed by atoms with E-state index in [0.29, 0.717) is 12.0 Å².